The number of aryl methyl sites for hydroxylation is 1. The lowest BCUT2D eigenvalue weighted by atomic mass is 10.1. The first-order chi connectivity index (χ1) is 8.00. The number of benzene rings is 1. The van der Waals surface area contributed by atoms with Gasteiger partial charge in [-0.2, -0.15) is 5.10 Å². The van der Waals surface area contributed by atoms with Gasteiger partial charge in [-0.15, -0.1) is 0 Å². The molecule has 0 aliphatic heterocycles. The molecule has 1 heterocycles. The predicted molar refractivity (Wildman–Crippen MR) is 70.5 cm³/mol. The highest BCUT2D eigenvalue weighted by atomic mass is 79.9. The first-order valence-corrected chi connectivity index (χ1v) is 6.30. The molecule has 0 spiro atoms. The average Bonchev–Trinajstić information content (AvgIpc) is 2.64. The quantitative estimate of drug-likeness (QED) is 0.874. The lowest BCUT2D eigenvalue weighted by Crippen LogP contribution is -1.88. The standard InChI is InChI=1S/C13H14BrFN2/c1-7(2)12-11(14)13(17-16-12)9-6-8(3)4-5-10(9)15/h4-7H,1-3H3,(H,16,17). The van der Waals surface area contributed by atoms with Crippen LogP contribution in [0.1, 0.15) is 31.0 Å². The van der Waals surface area contributed by atoms with E-state index in [1.165, 1.54) is 6.07 Å². The maximum atomic E-state index is 13.8. The van der Waals surface area contributed by atoms with Gasteiger partial charge in [0, 0.05) is 5.56 Å². The molecule has 1 aromatic heterocycles. The van der Waals surface area contributed by atoms with Crippen LogP contribution in [0.2, 0.25) is 0 Å². The number of nitrogens with one attached hydrogen (secondary N) is 1. The molecule has 90 valence electrons. The maximum absolute atomic E-state index is 13.8. The molecule has 1 aromatic carbocycles. The van der Waals surface area contributed by atoms with Crippen molar-refractivity contribution in [3.63, 3.8) is 0 Å². The Hall–Kier alpha value is -1.16. The third kappa shape index (κ3) is 2.27. The van der Waals surface area contributed by atoms with E-state index in [1.54, 1.807) is 12.1 Å². The van der Waals surface area contributed by atoms with Crippen LogP contribution in [0.25, 0.3) is 11.3 Å². The van der Waals surface area contributed by atoms with Crippen molar-refractivity contribution >= 4 is 15.9 Å². The lowest BCUT2D eigenvalue weighted by molar-refractivity contribution is 0.630. The zero-order chi connectivity index (χ0) is 12.6. The Labute approximate surface area is 108 Å². The van der Waals surface area contributed by atoms with Crippen LogP contribution in [-0.4, -0.2) is 10.2 Å². The van der Waals surface area contributed by atoms with E-state index in [0.717, 1.165) is 15.7 Å². The van der Waals surface area contributed by atoms with Crippen molar-refractivity contribution in [1.82, 2.24) is 10.2 Å². The van der Waals surface area contributed by atoms with E-state index in [1.807, 2.05) is 6.92 Å². The van der Waals surface area contributed by atoms with E-state index in [9.17, 15) is 4.39 Å². The highest BCUT2D eigenvalue weighted by molar-refractivity contribution is 9.10. The summed E-state index contributed by atoms with van der Waals surface area (Å²) < 4.78 is 14.6. The molecule has 0 aliphatic carbocycles. The molecular weight excluding hydrogens is 283 g/mol. The minimum absolute atomic E-state index is 0.252. The second kappa shape index (κ2) is 4.61. The first kappa shape index (κ1) is 12.3. The van der Waals surface area contributed by atoms with Gasteiger partial charge in [0.05, 0.1) is 10.2 Å². The van der Waals surface area contributed by atoms with Crippen LogP contribution >= 0.6 is 15.9 Å². The summed E-state index contributed by atoms with van der Waals surface area (Å²) in [6.07, 6.45) is 0. The topological polar surface area (TPSA) is 28.7 Å². The van der Waals surface area contributed by atoms with Crippen molar-refractivity contribution < 1.29 is 4.39 Å². The summed E-state index contributed by atoms with van der Waals surface area (Å²) in [5, 5.41) is 7.15. The van der Waals surface area contributed by atoms with Crippen LogP contribution in [0.15, 0.2) is 22.7 Å². The fraction of sp³-hybridized carbons (Fsp3) is 0.308. The van der Waals surface area contributed by atoms with Crippen LogP contribution in [0.5, 0.6) is 0 Å². The molecule has 0 saturated carbocycles. The van der Waals surface area contributed by atoms with Crippen molar-refractivity contribution in [3.8, 4) is 11.3 Å². The summed E-state index contributed by atoms with van der Waals surface area (Å²) in [5.74, 6) is 0.0663. The molecule has 2 nitrogen and oxygen atoms in total. The number of aromatic nitrogens is 2. The monoisotopic (exact) mass is 296 g/mol. The van der Waals surface area contributed by atoms with Gasteiger partial charge < -0.3 is 0 Å². The van der Waals surface area contributed by atoms with E-state index in [0.29, 0.717) is 17.2 Å². The summed E-state index contributed by atoms with van der Waals surface area (Å²) >= 11 is 3.49. The van der Waals surface area contributed by atoms with Crippen LogP contribution < -0.4 is 0 Å². The highest BCUT2D eigenvalue weighted by Crippen LogP contribution is 2.33. The molecule has 0 radical (unpaired) electrons. The van der Waals surface area contributed by atoms with Crippen LogP contribution in [0.3, 0.4) is 0 Å². The minimum atomic E-state index is -0.252. The average molecular weight is 297 g/mol. The smallest absolute Gasteiger partial charge is 0.132 e. The van der Waals surface area contributed by atoms with Gasteiger partial charge in [-0.3, -0.25) is 5.10 Å². The van der Waals surface area contributed by atoms with E-state index >= 15 is 0 Å². The molecule has 0 bridgehead atoms. The zero-order valence-corrected chi connectivity index (χ0v) is 11.6. The van der Waals surface area contributed by atoms with Crippen LogP contribution in [-0.2, 0) is 0 Å². The second-order valence-corrected chi connectivity index (χ2v) is 5.23. The molecule has 0 atom stereocenters. The van der Waals surface area contributed by atoms with Gasteiger partial charge in [0.25, 0.3) is 0 Å². The van der Waals surface area contributed by atoms with Crippen LogP contribution in [0.4, 0.5) is 4.39 Å². The predicted octanol–water partition coefficient (Wildman–Crippen LogP) is 4.41. The fourth-order valence-electron chi connectivity index (χ4n) is 1.72. The number of hydrogen-bond acceptors (Lipinski definition) is 1. The van der Waals surface area contributed by atoms with Gasteiger partial charge >= 0.3 is 0 Å². The van der Waals surface area contributed by atoms with Gasteiger partial charge in [-0.25, -0.2) is 4.39 Å². The molecule has 17 heavy (non-hydrogen) atoms. The molecular formula is C13H14BrFN2. The SMILES string of the molecule is Cc1ccc(F)c(-c2n[nH]c(C(C)C)c2Br)c1. The van der Waals surface area contributed by atoms with E-state index < -0.39 is 0 Å². The summed E-state index contributed by atoms with van der Waals surface area (Å²) in [7, 11) is 0. The Morgan fingerprint density at radius 1 is 1.35 bits per heavy atom. The Bertz CT molecular complexity index is 546. The Kier molecular flexibility index (Phi) is 3.33. The second-order valence-electron chi connectivity index (χ2n) is 4.44. The van der Waals surface area contributed by atoms with E-state index in [4.69, 9.17) is 0 Å². The normalized spacial score (nSPS) is 11.2. The van der Waals surface area contributed by atoms with Crippen molar-refractivity contribution in [3.05, 3.63) is 39.7 Å². The largest absolute Gasteiger partial charge is 0.280 e. The molecule has 0 unspecified atom stereocenters. The Morgan fingerprint density at radius 2 is 2.06 bits per heavy atom. The highest BCUT2D eigenvalue weighted by Gasteiger charge is 2.17. The third-order valence-electron chi connectivity index (χ3n) is 2.69. The molecule has 0 saturated heterocycles. The first-order valence-electron chi connectivity index (χ1n) is 5.51. The van der Waals surface area contributed by atoms with Crippen molar-refractivity contribution in [2.75, 3.05) is 0 Å². The molecule has 0 amide bonds. The van der Waals surface area contributed by atoms with E-state index in [-0.39, 0.29) is 5.82 Å². The maximum Gasteiger partial charge on any atom is 0.132 e. The number of aromatic amines is 1. The lowest BCUT2D eigenvalue weighted by Gasteiger charge is -2.04. The molecule has 0 aliphatic rings. The number of rotatable bonds is 2. The van der Waals surface area contributed by atoms with Crippen molar-refractivity contribution in [1.29, 1.82) is 0 Å². The zero-order valence-electron chi connectivity index (χ0n) is 10.0. The molecule has 4 heteroatoms. The number of H-pyrrole nitrogens is 1. The summed E-state index contributed by atoms with van der Waals surface area (Å²) in [5.41, 5.74) is 3.17. The fourth-order valence-corrected chi connectivity index (χ4v) is 2.57. The number of halogens is 2. The van der Waals surface area contributed by atoms with Gasteiger partial charge in [0.1, 0.15) is 11.5 Å². The van der Waals surface area contributed by atoms with E-state index in [2.05, 4.69) is 40.0 Å². The molecule has 2 aromatic rings. The molecule has 0 fully saturated rings. The number of hydrogen-bond donors (Lipinski definition) is 1. The van der Waals surface area contributed by atoms with Crippen molar-refractivity contribution in [2.24, 2.45) is 0 Å². The third-order valence-corrected chi connectivity index (χ3v) is 3.49. The summed E-state index contributed by atoms with van der Waals surface area (Å²) in [6, 6.07) is 5.03. The summed E-state index contributed by atoms with van der Waals surface area (Å²) in [6.45, 7) is 6.07. The Balaban J connectivity index is 2.57. The van der Waals surface area contributed by atoms with Crippen LogP contribution in [0, 0.1) is 12.7 Å². The van der Waals surface area contributed by atoms with Crippen molar-refractivity contribution in [2.45, 2.75) is 26.7 Å². The molecule has 2 rings (SSSR count). The summed E-state index contributed by atoms with van der Waals surface area (Å²) in [4.78, 5) is 0. The minimum Gasteiger partial charge on any atom is -0.280 e. The Morgan fingerprint density at radius 3 is 2.65 bits per heavy atom. The van der Waals surface area contributed by atoms with Gasteiger partial charge in [-0.1, -0.05) is 25.5 Å². The van der Waals surface area contributed by atoms with Gasteiger partial charge in [-0.05, 0) is 40.9 Å². The molecule has 1 N–H and O–H groups in total. The van der Waals surface area contributed by atoms with Gasteiger partial charge in [0.2, 0.25) is 0 Å². The number of nitrogens with zero attached hydrogens (tertiary/aromatic N) is 1. The van der Waals surface area contributed by atoms with Gasteiger partial charge in [0.15, 0.2) is 0 Å².